The van der Waals surface area contributed by atoms with Crippen molar-refractivity contribution in [3.63, 3.8) is 0 Å². The van der Waals surface area contributed by atoms with E-state index in [1.54, 1.807) is 38.1 Å². The van der Waals surface area contributed by atoms with Gasteiger partial charge >= 0.3 is 5.97 Å². The van der Waals surface area contributed by atoms with Crippen molar-refractivity contribution in [1.29, 1.82) is 0 Å². The predicted molar refractivity (Wildman–Crippen MR) is 67.6 cm³/mol. The Morgan fingerprint density at radius 3 is 2.67 bits per heavy atom. The third-order valence-electron chi connectivity index (χ3n) is 2.36. The minimum Gasteiger partial charge on any atom is -0.461 e. The van der Waals surface area contributed by atoms with Crippen LogP contribution in [-0.4, -0.2) is 17.6 Å². The summed E-state index contributed by atoms with van der Waals surface area (Å²) in [6.07, 6.45) is 0. The van der Waals surface area contributed by atoms with E-state index in [0.29, 0.717) is 23.3 Å². The molecule has 2 rings (SSSR count). The first-order chi connectivity index (χ1) is 8.61. The molecular weight excluding hydrogens is 254 g/mol. The summed E-state index contributed by atoms with van der Waals surface area (Å²) in [6, 6.07) is 7.03. The first-order valence-electron chi connectivity index (χ1n) is 5.52. The van der Waals surface area contributed by atoms with Gasteiger partial charge in [-0.2, -0.15) is 0 Å². The fourth-order valence-electron chi connectivity index (χ4n) is 1.50. The molecule has 4 nitrogen and oxygen atoms in total. The summed E-state index contributed by atoms with van der Waals surface area (Å²) in [4.78, 5) is 15.7. The molecule has 0 bridgehead atoms. The Bertz CT molecular complexity index is 560. The van der Waals surface area contributed by atoms with Gasteiger partial charge in [-0.3, -0.25) is 0 Å². The molecule has 0 unspecified atom stereocenters. The summed E-state index contributed by atoms with van der Waals surface area (Å²) in [5, 5.41) is 0.632. The lowest BCUT2D eigenvalue weighted by Gasteiger charge is -1.96. The van der Waals surface area contributed by atoms with Crippen LogP contribution in [0.5, 0.6) is 0 Å². The molecule has 0 aliphatic heterocycles. The topological polar surface area (TPSA) is 52.3 Å². The Balaban J connectivity index is 2.34. The van der Waals surface area contributed by atoms with Crippen molar-refractivity contribution in [2.24, 2.45) is 0 Å². The summed E-state index contributed by atoms with van der Waals surface area (Å²) in [7, 11) is 0. The molecule has 0 spiro atoms. The van der Waals surface area contributed by atoms with Crippen molar-refractivity contribution >= 4 is 17.6 Å². The number of aryl methyl sites for hydroxylation is 1. The molecule has 0 radical (unpaired) electrons. The smallest absolute Gasteiger partial charge is 0.360 e. The van der Waals surface area contributed by atoms with Crippen molar-refractivity contribution in [3.8, 4) is 11.5 Å². The highest BCUT2D eigenvalue weighted by atomic mass is 35.5. The van der Waals surface area contributed by atoms with E-state index in [0.717, 1.165) is 5.56 Å². The second-order valence-corrected chi connectivity index (χ2v) is 4.09. The fraction of sp³-hybridized carbons (Fsp3) is 0.231. The first kappa shape index (κ1) is 12.6. The summed E-state index contributed by atoms with van der Waals surface area (Å²) in [6.45, 7) is 3.73. The second kappa shape index (κ2) is 5.23. The van der Waals surface area contributed by atoms with Gasteiger partial charge in [0.15, 0.2) is 5.69 Å². The Hall–Kier alpha value is -1.81. The number of rotatable bonds is 3. The van der Waals surface area contributed by atoms with E-state index in [9.17, 15) is 4.79 Å². The molecule has 18 heavy (non-hydrogen) atoms. The molecule has 1 heterocycles. The monoisotopic (exact) mass is 265 g/mol. The van der Waals surface area contributed by atoms with Gasteiger partial charge in [0.1, 0.15) is 5.76 Å². The molecule has 0 aliphatic rings. The Kier molecular flexibility index (Phi) is 3.67. The van der Waals surface area contributed by atoms with Crippen molar-refractivity contribution in [3.05, 3.63) is 40.7 Å². The van der Waals surface area contributed by atoms with E-state index in [1.807, 2.05) is 0 Å². The zero-order valence-electron chi connectivity index (χ0n) is 10.1. The SMILES string of the molecule is CCOC(=O)c1nc(-c2ccc(Cl)cc2)oc1C. The van der Waals surface area contributed by atoms with Gasteiger partial charge in [0.25, 0.3) is 0 Å². The molecule has 94 valence electrons. The lowest BCUT2D eigenvalue weighted by atomic mass is 10.2. The maximum Gasteiger partial charge on any atom is 0.360 e. The second-order valence-electron chi connectivity index (χ2n) is 3.65. The van der Waals surface area contributed by atoms with E-state index in [-0.39, 0.29) is 5.69 Å². The third kappa shape index (κ3) is 2.54. The zero-order valence-corrected chi connectivity index (χ0v) is 10.8. The highest BCUT2D eigenvalue weighted by Gasteiger charge is 2.18. The van der Waals surface area contributed by atoms with E-state index in [4.69, 9.17) is 20.8 Å². The van der Waals surface area contributed by atoms with Crippen LogP contribution in [0.2, 0.25) is 5.02 Å². The fourth-order valence-corrected chi connectivity index (χ4v) is 1.63. The molecule has 0 atom stereocenters. The number of esters is 1. The predicted octanol–water partition coefficient (Wildman–Crippen LogP) is 3.48. The van der Waals surface area contributed by atoms with Crippen LogP contribution in [0, 0.1) is 6.92 Å². The van der Waals surface area contributed by atoms with Gasteiger partial charge in [0, 0.05) is 10.6 Å². The lowest BCUT2D eigenvalue weighted by molar-refractivity contribution is 0.0518. The normalized spacial score (nSPS) is 10.4. The Morgan fingerprint density at radius 1 is 1.39 bits per heavy atom. The van der Waals surface area contributed by atoms with Crippen molar-refractivity contribution in [1.82, 2.24) is 4.98 Å². The average Bonchev–Trinajstić information content (AvgIpc) is 2.72. The van der Waals surface area contributed by atoms with Crippen LogP contribution in [-0.2, 0) is 4.74 Å². The molecule has 2 aromatic rings. The minimum atomic E-state index is -0.473. The maximum atomic E-state index is 11.6. The van der Waals surface area contributed by atoms with E-state index < -0.39 is 5.97 Å². The van der Waals surface area contributed by atoms with Gasteiger partial charge in [0.05, 0.1) is 6.61 Å². The molecule has 1 aromatic heterocycles. The largest absolute Gasteiger partial charge is 0.461 e. The van der Waals surface area contributed by atoms with E-state index in [1.165, 1.54) is 0 Å². The van der Waals surface area contributed by atoms with Gasteiger partial charge in [-0.1, -0.05) is 11.6 Å². The standard InChI is InChI=1S/C13H12ClNO3/c1-3-17-13(16)11-8(2)18-12(15-11)9-4-6-10(14)7-5-9/h4-7H,3H2,1-2H3. The lowest BCUT2D eigenvalue weighted by Crippen LogP contribution is -2.06. The van der Waals surface area contributed by atoms with Crippen molar-refractivity contribution in [2.45, 2.75) is 13.8 Å². The van der Waals surface area contributed by atoms with Gasteiger partial charge in [0.2, 0.25) is 5.89 Å². The average molecular weight is 266 g/mol. The molecule has 0 fully saturated rings. The summed E-state index contributed by atoms with van der Waals surface area (Å²) in [5.74, 6) is 0.351. The van der Waals surface area contributed by atoms with Crippen LogP contribution in [0.25, 0.3) is 11.5 Å². The highest BCUT2D eigenvalue weighted by Crippen LogP contribution is 2.23. The number of benzene rings is 1. The number of oxazole rings is 1. The van der Waals surface area contributed by atoms with Gasteiger partial charge < -0.3 is 9.15 Å². The van der Waals surface area contributed by atoms with Crippen LogP contribution in [0.4, 0.5) is 0 Å². The number of carbonyl (C=O) groups excluding carboxylic acids is 1. The molecule has 0 N–H and O–H groups in total. The number of halogens is 1. The molecule has 0 amide bonds. The summed E-state index contributed by atoms with van der Waals surface area (Å²) in [5.41, 5.74) is 0.972. The third-order valence-corrected chi connectivity index (χ3v) is 2.61. The van der Waals surface area contributed by atoms with Gasteiger partial charge in [-0.25, -0.2) is 9.78 Å². The number of nitrogens with zero attached hydrogens (tertiary/aromatic N) is 1. The number of aromatic nitrogens is 1. The summed E-state index contributed by atoms with van der Waals surface area (Å²) < 4.78 is 10.3. The first-order valence-corrected chi connectivity index (χ1v) is 5.90. The molecule has 5 heteroatoms. The number of ether oxygens (including phenoxy) is 1. The zero-order chi connectivity index (χ0) is 13.1. The van der Waals surface area contributed by atoms with Gasteiger partial charge in [-0.05, 0) is 38.1 Å². The van der Waals surface area contributed by atoms with Crippen molar-refractivity contribution < 1.29 is 13.9 Å². The molecule has 1 aromatic carbocycles. The molecule has 0 aliphatic carbocycles. The van der Waals surface area contributed by atoms with Crippen LogP contribution in [0.15, 0.2) is 28.7 Å². The van der Waals surface area contributed by atoms with E-state index >= 15 is 0 Å². The number of hydrogen-bond donors (Lipinski definition) is 0. The van der Waals surface area contributed by atoms with Crippen molar-refractivity contribution in [2.75, 3.05) is 6.61 Å². The van der Waals surface area contributed by atoms with Crippen LogP contribution < -0.4 is 0 Å². The van der Waals surface area contributed by atoms with E-state index in [2.05, 4.69) is 4.98 Å². The Labute approximate surface area is 110 Å². The maximum absolute atomic E-state index is 11.6. The quantitative estimate of drug-likeness (QED) is 0.797. The Morgan fingerprint density at radius 2 is 2.06 bits per heavy atom. The highest BCUT2D eigenvalue weighted by molar-refractivity contribution is 6.30. The van der Waals surface area contributed by atoms with Crippen LogP contribution in [0.1, 0.15) is 23.2 Å². The molecular formula is C13H12ClNO3. The minimum absolute atomic E-state index is 0.210. The molecule has 0 saturated heterocycles. The van der Waals surface area contributed by atoms with Crippen LogP contribution in [0.3, 0.4) is 0 Å². The van der Waals surface area contributed by atoms with Gasteiger partial charge in [-0.15, -0.1) is 0 Å². The van der Waals surface area contributed by atoms with Crippen LogP contribution >= 0.6 is 11.6 Å². The molecule has 0 saturated carbocycles. The summed E-state index contributed by atoms with van der Waals surface area (Å²) >= 11 is 5.80. The number of hydrogen-bond acceptors (Lipinski definition) is 4. The number of carbonyl (C=O) groups is 1.